The molecule has 0 bridgehead atoms. The molecule has 0 saturated heterocycles. The monoisotopic (exact) mass is 476 g/mol. The Kier molecular flexibility index (Phi) is 8.58. The molecule has 182 valence electrons. The highest BCUT2D eigenvalue weighted by Gasteiger charge is 2.36. The molecule has 1 aliphatic rings. The zero-order valence-electron chi connectivity index (χ0n) is 19.3. The first-order chi connectivity index (χ1) is 17.0. The van der Waals surface area contributed by atoms with Crippen molar-refractivity contribution in [3.05, 3.63) is 113 Å². The van der Waals surface area contributed by atoms with Gasteiger partial charge in [0.05, 0.1) is 12.6 Å². The van der Waals surface area contributed by atoms with Gasteiger partial charge in [-0.15, -0.1) is 13.2 Å². The molecule has 1 aliphatic heterocycles. The van der Waals surface area contributed by atoms with E-state index in [0.29, 0.717) is 6.42 Å². The number of carbonyl (C=O) groups is 2. The van der Waals surface area contributed by atoms with Gasteiger partial charge < -0.3 is 24.4 Å². The molecule has 8 heteroatoms. The number of aliphatic hydroxyl groups is 1. The predicted octanol–water partition coefficient (Wildman–Crippen LogP) is 3.16. The van der Waals surface area contributed by atoms with Crippen LogP contribution in [0.4, 0.5) is 0 Å². The van der Waals surface area contributed by atoms with Gasteiger partial charge in [0, 0.05) is 19.3 Å². The first-order valence-electron chi connectivity index (χ1n) is 11.1. The number of benzene rings is 2. The minimum absolute atomic E-state index is 0.00145. The molecule has 0 fully saturated rings. The number of carboxylic acid groups (broad SMARTS) is 1. The van der Waals surface area contributed by atoms with Gasteiger partial charge in [-0.25, -0.2) is 4.79 Å². The number of ether oxygens (including phenoxy) is 1. The molecule has 0 radical (unpaired) electrons. The molecule has 0 saturated carbocycles. The van der Waals surface area contributed by atoms with Crippen LogP contribution in [0.2, 0.25) is 0 Å². The second-order valence-electron chi connectivity index (χ2n) is 7.85. The molecule has 1 amide bonds. The summed E-state index contributed by atoms with van der Waals surface area (Å²) in [6.07, 6.45) is 1.74. The highest BCUT2D eigenvalue weighted by atomic mass is 16.5. The third kappa shape index (κ3) is 5.67. The molecule has 0 spiro atoms. The second-order valence-corrected chi connectivity index (χ2v) is 7.85. The minimum Gasteiger partial charge on any atom is -0.483 e. The lowest BCUT2D eigenvalue weighted by Crippen LogP contribution is -2.46. The fourth-order valence-corrected chi connectivity index (χ4v) is 4.06. The second kappa shape index (κ2) is 11.8. The number of pyridine rings is 1. The van der Waals surface area contributed by atoms with Crippen LogP contribution in [-0.4, -0.2) is 51.3 Å². The van der Waals surface area contributed by atoms with Gasteiger partial charge in [0.1, 0.15) is 12.2 Å². The highest BCUT2D eigenvalue weighted by molar-refractivity contribution is 5.97. The van der Waals surface area contributed by atoms with E-state index in [2.05, 4.69) is 13.2 Å². The number of aliphatic hydroxyl groups excluding tert-OH is 1. The zero-order valence-corrected chi connectivity index (χ0v) is 19.3. The molecule has 2 N–H and O–H groups in total. The lowest BCUT2D eigenvalue weighted by molar-refractivity contribution is 0.0608. The van der Waals surface area contributed by atoms with Crippen molar-refractivity contribution in [2.24, 2.45) is 0 Å². The van der Waals surface area contributed by atoms with Crippen molar-refractivity contribution < 1.29 is 24.5 Å². The number of nitrogens with zero attached hydrogens (tertiary/aromatic N) is 2. The fraction of sp³-hybridized carbons (Fsp3) is 0.222. The topological polar surface area (TPSA) is 109 Å². The van der Waals surface area contributed by atoms with Crippen LogP contribution in [0.25, 0.3) is 0 Å². The quantitative estimate of drug-likeness (QED) is 0.484. The highest BCUT2D eigenvalue weighted by Crippen LogP contribution is 2.30. The van der Waals surface area contributed by atoms with Crippen molar-refractivity contribution in [1.29, 1.82) is 0 Å². The summed E-state index contributed by atoms with van der Waals surface area (Å²) in [6, 6.07) is 18.3. The van der Waals surface area contributed by atoms with Gasteiger partial charge in [0.2, 0.25) is 5.43 Å². The Bertz CT molecular complexity index is 1220. The molecular formula is C27H28N2O6. The largest absolute Gasteiger partial charge is 0.483 e. The van der Waals surface area contributed by atoms with Crippen molar-refractivity contribution in [3.63, 3.8) is 0 Å². The number of β-amino-alcohol motifs (C(OH)–C–C–N with tert-alkyl or cyclic N) is 1. The van der Waals surface area contributed by atoms with Gasteiger partial charge in [-0.2, -0.15) is 0 Å². The molecule has 1 unspecified atom stereocenters. The third-order valence-electron chi connectivity index (χ3n) is 5.65. The summed E-state index contributed by atoms with van der Waals surface area (Å²) in [5.74, 6) is -2.15. The summed E-state index contributed by atoms with van der Waals surface area (Å²) in [7, 11) is 0. The molecular weight excluding hydrogens is 448 g/mol. The minimum atomic E-state index is -1.39. The number of amides is 1. The maximum absolute atomic E-state index is 13.3. The van der Waals surface area contributed by atoms with Crippen molar-refractivity contribution >= 4 is 11.9 Å². The molecule has 1 aromatic heterocycles. The fourth-order valence-electron chi connectivity index (χ4n) is 4.06. The van der Waals surface area contributed by atoms with E-state index in [9.17, 15) is 24.6 Å². The first-order valence-corrected chi connectivity index (χ1v) is 11.1. The standard InChI is InChI=1S/C25H24N2O6.C2H4/c28-12-11-26-14-19(13-17-7-3-1-4-8-17)27-15-20(25(31)32)22(29)23(21(27)24(26)30)33-16-18-9-5-2-6-10-18;1-2/h1-10,15,19,28H,11-14,16H2,(H,31,32);1-2H2. The molecule has 3 aromatic rings. The van der Waals surface area contributed by atoms with Crippen molar-refractivity contribution in [2.75, 3.05) is 19.7 Å². The number of hydrogen-bond donors (Lipinski definition) is 2. The summed E-state index contributed by atoms with van der Waals surface area (Å²) < 4.78 is 7.35. The Morgan fingerprint density at radius 3 is 2.17 bits per heavy atom. The van der Waals surface area contributed by atoms with Crippen LogP contribution in [0.5, 0.6) is 5.75 Å². The van der Waals surface area contributed by atoms with Crippen LogP contribution in [0, 0.1) is 0 Å². The predicted molar refractivity (Wildman–Crippen MR) is 132 cm³/mol. The van der Waals surface area contributed by atoms with E-state index in [1.807, 2.05) is 60.7 Å². The van der Waals surface area contributed by atoms with Crippen LogP contribution in [-0.2, 0) is 13.0 Å². The van der Waals surface area contributed by atoms with Crippen molar-refractivity contribution in [3.8, 4) is 5.75 Å². The van der Waals surface area contributed by atoms with E-state index >= 15 is 0 Å². The molecule has 35 heavy (non-hydrogen) atoms. The third-order valence-corrected chi connectivity index (χ3v) is 5.65. The summed E-state index contributed by atoms with van der Waals surface area (Å²) in [5.41, 5.74) is 0.467. The Labute approximate surface area is 203 Å². The van der Waals surface area contributed by atoms with Crippen LogP contribution < -0.4 is 10.2 Å². The normalized spacial score (nSPS) is 14.5. The van der Waals surface area contributed by atoms with Gasteiger partial charge in [-0.3, -0.25) is 9.59 Å². The maximum atomic E-state index is 13.3. The molecule has 2 heterocycles. The number of fused-ring (bicyclic) bond motifs is 1. The molecule has 1 atom stereocenters. The Morgan fingerprint density at radius 2 is 1.60 bits per heavy atom. The van der Waals surface area contributed by atoms with Gasteiger partial charge >= 0.3 is 5.97 Å². The van der Waals surface area contributed by atoms with Crippen LogP contribution in [0.3, 0.4) is 0 Å². The van der Waals surface area contributed by atoms with E-state index in [-0.39, 0.29) is 43.8 Å². The number of carboxylic acids is 1. The molecule has 8 nitrogen and oxygen atoms in total. The Morgan fingerprint density at radius 1 is 1.00 bits per heavy atom. The van der Waals surface area contributed by atoms with Gasteiger partial charge in [-0.05, 0) is 17.5 Å². The zero-order chi connectivity index (χ0) is 25.4. The van der Waals surface area contributed by atoms with Crippen LogP contribution >= 0.6 is 0 Å². The summed E-state index contributed by atoms with van der Waals surface area (Å²) in [4.78, 5) is 39.7. The SMILES string of the molecule is C=C.O=C(O)c1cn2c(c(OCc3ccccc3)c1=O)C(=O)N(CCO)CC2Cc1ccccc1. The average molecular weight is 477 g/mol. The lowest BCUT2D eigenvalue weighted by Gasteiger charge is -2.36. The molecule has 0 aliphatic carbocycles. The smallest absolute Gasteiger partial charge is 0.341 e. The van der Waals surface area contributed by atoms with E-state index in [1.165, 1.54) is 11.1 Å². The van der Waals surface area contributed by atoms with Crippen molar-refractivity contribution in [2.45, 2.75) is 19.1 Å². The molecule has 2 aromatic carbocycles. The Hall–Kier alpha value is -4.17. The summed E-state index contributed by atoms with van der Waals surface area (Å²) in [5, 5.41) is 19.1. The van der Waals surface area contributed by atoms with Gasteiger partial charge in [0.15, 0.2) is 11.4 Å². The number of hydrogen-bond acceptors (Lipinski definition) is 5. The number of aromatic nitrogens is 1. The van der Waals surface area contributed by atoms with Crippen molar-refractivity contribution in [1.82, 2.24) is 9.47 Å². The number of aromatic carboxylic acids is 1. The first kappa shape index (κ1) is 25.5. The summed E-state index contributed by atoms with van der Waals surface area (Å²) >= 11 is 0. The van der Waals surface area contributed by atoms with E-state index in [0.717, 1.165) is 11.1 Å². The maximum Gasteiger partial charge on any atom is 0.341 e. The Balaban J connectivity index is 0.00000167. The lowest BCUT2D eigenvalue weighted by atomic mass is 10.0. The van der Waals surface area contributed by atoms with E-state index < -0.39 is 22.9 Å². The number of rotatable bonds is 8. The van der Waals surface area contributed by atoms with Gasteiger partial charge in [-0.1, -0.05) is 60.7 Å². The van der Waals surface area contributed by atoms with E-state index in [4.69, 9.17) is 4.74 Å². The van der Waals surface area contributed by atoms with Crippen LogP contribution in [0.15, 0.2) is 84.8 Å². The van der Waals surface area contributed by atoms with Gasteiger partial charge in [0.25, 0.3) is 5.91 Å². The molecule has 4 rings (SSSR count). The van der Waals surface area contributed by atoms with Crippen LogP contribution in [0.1, 0.15) is 38.0 Å². The summed E-state index contributed by atoms with van der Waals surface area (Å²) in [6.45, 7) is 6.13. The number of carbonyl (C=O) groups excluding carboxylic acids is 1. The van der Waals surface area contributed by atoms with E-state index in [1.54, 1.807) is 4.57 Å². The average Bonchev–Trinajstić information content (AvgIpc) is 2.88.